The molecule has 9 aromatic carbocycles. The van der Waals surface area contributed by atoms with Crippen LogP contribution in [0.1, 0.15) is 29.2 Å². The monoisotopic (exact) mass is 1100 g/mol. The highest BCUT2D eigenvalue weighted by Crippen LogP contribution is 2.63. The van der Waals surface area contributed by atoms with Gasteiger partial charge in [0.25, 0.3) is 0 Å². The third-order valence-electron chi connectivity index (χ3n) is 14.6. The Balaban J connectivity index is 1.34. The number of quaternary nitrogens is 1. The average molecular weight is 1100 g/mol. The fraction of sp³-hybridized carbons (Fsp3) is 0.143. The summed E-state index contributed by atoms with van der Waals surface area (Å²) in [5.41, 5.74) is 3.86. The van der Waals surface area contributed by atoms with E-state index in [-0.39, 0.29) is 19.6 Å². The molecule has 388 valence electrons. The van der Waals surface area contributed by atoms with Gasteiger partial charge >= 0.3 is 0 Å². The summed E-state index contributed by atoms with van der Waals surface area (Å²) in [6.07, 6.45) is 1.50. The summed E-state index contributed by atoms with van der Waals surface area (Å²) in [6, 6.07) is 82.6. The van der Waals surface area contributed by atoms with Crippen LogP contribution in [-0.2, 0) is 19.6 Å². The molecular weight excluding hydrogens is 1040 g/mol. The van der Waals surface area contributed by atoms with Crippen molar-refractivity contribution in [3.05, 3.63) is 275 Å². The first kappa shape index (κ1) is 52.7. The lowest BCUT2D eigenvalue weighted by atomic mass is 9.99. The maximum Gasteiger partial charge on any atom is 0.107 e. The Hall–Kier alpha value is -7.32. The standard InChI is InChI=1S/C63H58ClN10OP3/c1-49-37-39-61-51(41-49)44-74(75)43-50-23-21-22-36-60(50)65-68-71-76(54-24-9-3-10-25-54,55-26-11-4-12-27-55)46-63(2,47-77(72-69-66-61,56-28-13-5-14-29-56)57-30-15-6-16-31-57)48-78(58-32-17-7-18-33-58,59-34-19-8-20-35-59)73-70-67-62-40-38-53(64)42-52(62)45-74/h3-42H,43-48H2,1-2H3. The predicted molar refractivity (Wildman–Crippen MR) is 325 cm³/mol. The van der Waals surface area contributed by atoms with E-state index in [0.29, 0.717) is 57.3 Å². The molecule has 11 nitrogen and oxygen atoms in total. The van der Waals surface area contributed by atoms with Gasteiger partial charge in [-0.3, -0.25) is 0 Å². The van der Waals surface area contributed by atoms with Crippen molar-refractivity contribution in [2.75, 3.05) is 18.5 Å². The zero-order valence-electron chi connectivity index (χ0n) is 43.4. The number of benzene rings is 9. The maximum atomic E-state index is 16.4. The SMILES string of the molecule is Cc1ccc2c(c1)C[N+]1([O-])Cc3ccccc3N=NN=P(c3ccccc3)(c3ccccc3)CC(C)(CP(c3ccccc3)(c3ccccc3)=NN=N2)CP(c2ccccc2)(c2ccccc2)=NN=Nc2ccc(Cl)cc2C1. The Morgan fingerprint density at radius 2 is 0.692 bits per heavy atom. The molecule has 15 heteroatoms. The van der Waals surface area contributed by atoms with Crippen molar-refractivity contribution in [3.63, 3.8) is 0 Å². The van der Waals surface area contributed by atoms with Crippen molar-refractivity contribution in [1.29, 1.82) is 0 Å². The zero-order chi connectivity index (χ0) is 53.5. The van der Waals surface area contributed by atoms with E-state index < -0.39 is 31.2 Å². The number of nitrogens with zero attached hydrogens (tertiary/aromatic N) is 10. The van der Waals surface area contributed by atoms with E-state index in [1.165, 1.54) is 0 Å². The van der Waals surface area contributed by atoms with Crippen LogP contribution < -0.4 is 31.8 Å². The highest BCUT2D eigenvalue weighted by molar-refractivity contribution is 7.83. The van der Waals surface area contributed by atoms with Gasteiger partial charge in [-0.05, 0) is 115 Å². The van der Waals surface area contributed by atoms with E-state index in [9.17, 15) is 0 Å². The largest absolute Gasteiger partial charge is 0.632 e. The average Bonchev–Trinajstić information content (AvgIpc) is 3.54. The molecule has 2 atom stereocenters. The fourth-order valence-corrected chi connectivity index (χ4v) is 23.3. The van der Waals surface area contributed by atoms with E-state index in [2.05, 4.69) is 153 Å². The Morgan fingerprint density at radius 3 is 1.08 bits per heavy atom. The lowest BCUT2D eigenvalue weighted by Gasteiger charge is -2.44. The van der Waals surface area contributed by atoms with Crippen molar-refractivity contribution < 1.29 is 4.65 Å². The Kier molecular flexibility index (Phi) is 15.5. The molecule has 12 rings (SSSR count). The molecule has 0 aliphatic carbocycles. The van der Waals surface area contributed by atoms with Gasteiger partial charge in [0.2, 0.25) is 0 Å². The summed E-state index contributed by atoms with van der Waals surface area (Å²) >= 11 is 6.86. The van der Waals surface area contributed by atoms with Gasteiger partial charge in [0.05, 0.1) is 38.2 Å². The van der Waals surface area contributed by atoms with Crippen LogP contribution in [0, 0.1) is 17.5 Å². The number of hydrogen-bond donors (Lipinski definition) is 0. The Labute approximate surface area is 461 Å². The number of rotatable bonds is 6. The minimum Gasteiger partial charge on any atom is -0.632 e. The summed E-state index contributed by atoms with van der Waals surface area (Å²) in [7, 11) is -9.21. The van der Waals surface area contributed by atoms with Crippen LogP contribution in [0.3, 0.4) is 0 Å². The van der Waals surface area contributed by atoms with E-state index in [1.54, 1.807) is 6.07 Å². The summed E-state index contributed by atoms with van der Waals surface area (Å²) < 4.78 is -0.786. The minimum atomic E-state index is -3.08. The van der Waals surface area contributed by atoms with Gasteiger partial charge in [-0.1, -0.05) is 230 Å². The molecule has 0 amide bonds. The number of hydroxylamine groups is 3. The van der Waals surface area contributed by atoms with Gasteiger partial charge in [-0.2, -0.15) is 0 Å². The number of halogens is 1. The van der Waals surface area contributed by atoms with Crippen LogP contribution in [0.4, 0.5) is 17.1 Å². The van der Waals surface area contributed by atoms with E-state index in [1.807, 2.05) is 97.9 Å². The summed E-state index contributed by atoms with van der Waals surface area (Å²) in [5, 5.41) is 53.4. The van der Waals surface area contributed by atoms with Gasteiger partial charge < -0.3 is 9.85 Å². The quantitative estimate of drug-likeness (QED) is 0.0915. The molecular formula is C63H58ClN10OP3. The zero-order valence-corrected chi connectivity index (χ0v) is 46.9. The molecule has 3 heterocycles. The number of fused-ring (bicyclic) bond motifs is 6. The number of aryl methyl sites for hydroxylation is 1. The maximum absolute atomic E-state index is 16.4. The topological polar surface area (TPSA) is 134 Å². The fourth-order valence-electron chi connectivity index (χ4n) is 11.2. The third-order valence-corrected chi connectivity index (χ3v) is 26.6. The lowest BCUT2D eigenvalue weighted by molar-refractivity contribution is -0.920. The third kappa shape index (κ3) is 11.2. The summed E-state index contributed by atoms with van der Waals surface area (Å²) in [5.74, 6) is 0. The molecule has 2 bridgehead atoms. The van der Waals surface area contributed by atoms with E-state index in [0.717, 1.165) is 37.4 Å². The van der Waals surface area contributed by atoms with Gasteiger partial charge in [0.1, 0.15) is 19.6 Å². The first-order chi connectivity index (χ1) is 38.1. The van der Waals surface area contributed by atoms with Gasteiger partial charge in [-0.15, -0.1) is 29.9 Å². The second-order valence-electron chi connectivity index (χ2n) is 20.5. The first-order valence-corrected chi connectivity index (χ1v) is 32.1. The molecule has 0 aromatic heterocycles. The molecule has 9 aromatic rings. The molecule has 0 fully saturated rings. The Morgan fingerprint density at radius 1 is 0.385 bits per heavy atom. The molecule has 78 heavy (non-hydrogen) atoms. The highest BCUT2D eigenvalue weighted by Gasteiger charge is 2.46. The molecule has 0 N–H and O–H groups in total. The molecule has 3 aliphatic heterocycles. The first-order valence-electron chi connectivity index (χ1n) is 26.0. The minimum absolute atomic E-state index is 0.000599. The van der Waals surface area contributed by atoms with Crippen LogP contribution in [-0.4, -0.2) is 23.1 Å². The van der Waals surface area contributed by atoms with Crippen LogP contribution in [0.25, 0.3) is 0 Å². The lowest BCUT2D eigenvalue weighted by Crippen LogP contribution is -2.40. The van der Waals surface area contributed by atoms with E-state index >= 15 is 5.21 Å². The number of hydrogen-bond acceptors (Lipinski definition) is 10. The van der Waals surface area contributed by atoms with Gasteiger partial charge in [0.15, 0.2) is 0 Å². The van der Waals surface area contributed by atoms with Crippen molar-refractivity contribution in [2.45, 2.75) is 33.5 Å². The molecule has 0 radical (unpaired) electrons. The van der Waals surface area contributed by atoms with Crippen molar-refractivity contribution in [1.82, 2.24) is 0 Å². The second kappa shape index (κ2) is 22.9. The van der Waals surface area contributed by atoms with Crippen molar-refractivity contribution in [3.8, 4) is 0 Å². The highest BCUT2D eigenvalue weighted by atomic mass is 35.5. The molecule has 2 unspecified atom stereocenters. The molecule has 0 saturated carbocycles. The smallest absolute Gasteiger partial charge is 0.107 e. The van der Waals surface area contributed by atoms with Crippen molar-refractivity contribution >= 4 is 81.7 Å². The Bertz CT molecular complexity index is 3550. The normalized spacial score (nSPS) is 19.8. The summed E-state index contributed by atoms with van der Waals surface area (Å²) in [4.78, 5) is 17.1. The van der Waals surface area contributed by atoms with Crippen molar-refractivity contribution in [2.24, 2.45) is 51.0 Å². The van der Waals surface area contributed by atoms with Gasteiger partial charge in [-0.25, -0.2) is 0 Å². The second-order valence-corrected chi connectivity index (χ2v) is 30.1. The van der Waals surface area contributed by atoms with Crippen LogP contribution >= 0.6 is 32.8 Å². The van der Waals surface area contributed by atoms with Crippen LogP contribution in [0.15, 0.2) is 288 Å². The molecule has 0 spiro atoms. The van der Waals surface area contributed by atoms with Crippen LogP contribution in [0.5, 0.6) is 0 Å². The van der Waals surface area contributed by atoms with Gasteiger partial charge in [0, 0.05) is 21.7 Å². The predicted octanol–water partition coefficient (Wildman–Crippen LogP) is 16.4. The van der Waals surface area contributed by atoms with Crippen LogP contribution in [0.2, 0.25) is 5.02 Å². The summed E-state index contributed by atoms with van der Waals surface area (Å²) in [6.45, 7) is 4.38. The molecule has 0 saturated heterocycles. The van der Waals surface area contributed by atoms with E-state index in [4.69, 9.17) is 57.2 Å². The molecule has 3 aliphatic rings.